The summed E-state index contributed by atoms with van der Waals surface area (Å²) in [5.41, 5.74) is 3.08. The summed E-state index contributed by atoms with van der Waals surface area (Å²) in [6, 6.07) is 15.9. The molecule has 0 saturated heterocycles. The summed E-state index contributed by atoms with van der Waals surface area (Å²) in [4.78, 5) is 10.7. The van der Waals surface area contributed by atoms with E-state index >= 15 is 0 Å². The van der Waals surface area contributed by atoms with E-state index in [1.54, 1.807) is 13.2 Å². The van der Waals surface area contributed by atoms with Gasteiger partial charge in [-0.15, -0.1) is 0 Å². The summed E-state index contributed by atoms with van der Waals surface area (Å²) in [5.74, 6) is 0.788. The van der Waals surface area contributed by atoms with Gasteiger partial charge >= 0.3 is 0 Å². The normalized spacial score (nSPS) is 10.1. The van der Waals surface area contributed by atoms with Crippen molar-refractivity contribution in [3.8, 4) is 5.75 Å². The van der Waals surface area contributed by atoms with Crippen LogP contribution in [0.3, 0.4) is 0 Å². The Hall–Kier alpha value is -2.09. The minimum Gasteiger partial charge on any atom is -0.496 e. The van der Waals surface area contributed by atoms with E-state index in [0.29, 0.717) is 5.56 Å². The van der Waals surface area contributed by atoms with Crippen LogP contribution in [-0.4, -0.2) is 13.4 Å². The summed E-state index contributed by atoms with van der Waals surface area (Å²) >= 11 is 0. The maximum absolute atomic E-state index is 10.7. The molecule has 0 aromatic heterocycles. The third-order valence-electron chi connectivity index (χ3n) is 2.97. The zero-order chi connectivity index (χ0) is 12.8. The summed E-state index contributed by atoms with van der Waals surface area (Å²) in [6.45, 7) is 0. The average molecular weight is 240 g/mol. The van der Waals surface area contributed by atoms with Crippen LogP contribution in [0.2, 0.25) is 0 Å². The van der Waals surface area contributed by atoms with Crippen LogP contribution in [0.15, 0.2) is 48.5 Å². The summed E-state index contributed by atoms with van der Waals surface area (Å²) in [5, 5.41) is 0. The monoisotopic (exact) mass is 240 g/mol. The van der Waals surface area contributed by atoms with Crippen LogP contribution < -0.4 is 4.74 Å². The van der Waals surface area contributed by atoms with Crippen LogP contribution >= 0.6 is 0 Å². The molecule has 0 aliphatic rings. The lowest BCUT2D eigenvalue weighted by Crippen LogP contribution is -1.96. The molecule has 2 aromatic carbocycles. The van der Waals surface area contributed by atoms with Gasteiger partial charge in [-0.3, -0.25) is 4.79 Å². The summed E-state index contributed by atoms with van der Waals surface area (Å²) in [7, 11) is 1.63. The molecule has 2 heteroatoms. The quantitative estimate of drug-likeness (QED) is 0.750. The Morgan fingerprint density at radius 2 is 1.83 bits per heavy atom. The number of carbonyl (C=O) groups excluding carboxylic acids is 1. The van der Waals surface area contributed by atoms with Gasteiger partial charge in [-0.05, 0) is 30.0 Å². The molecule has 0 unspecified atom stereocenters. The molecule has 0 amide bonds. The fourth-order valence-electron chi connectivity index (χ4n) is 1.96. The van der Waals surface area contributed by atoms with Crippen LogP contribution in [0, 0.1) is 0 Å². The lowest BCUT2D eigenvalue weighted by molar-refractivity contribution is 0.112. The third kappa shape index (κ3) is 2.98. The zero-order valence-electron chi connectivity index (χ0n) is 10.4. The number of aldehydes is 1. The van der Waals surface area contributed by atoms with E-state index in [2.05, 4.69) is 12.1 Å². The molecule has 0 aliphatic carbocycles. The number of aryl methyl sites for hydroxylation is 2. The van der Waals surface area contributed by atoms with Gasteiger partial charge in [0.05, 0.1) is 7.11 Å². The molecule has 0 bridgehead atoms. The number of benzene rings is 2. The molecule has 18 heavy (non-hydrogen) atoms. The molecule has 0 atom stereocenters. The second-order valence-corrected chi connectivity index (χ2v) is 4.17. The molecule has 0 radical (unpaired) electrons. The second-order valence-electron chi connectivity index (χ2n) is 4.17. The van der Waals surface area contributed by atoms with Gasteiger partial charge in [-0.2, -0.15) is 0 Å². The smallest absolute Gasteiger partial charge is 0.150 e. The molecular formula is C16H16O2. The summed E-state index contributed by atoms with van der Waals surface area (Å²) in [6.07, 6.45) is 2.72. The Bertz CT molecular complexity index is 518. The van der Waals surface area contributed by atoms with E-state index in [1.807, 2.05) is 30.3 Å². The van der Waals surface area contributed by atoms with E-state index < -0.39 is 0 Å². The molecule has 0 saturated carbocycles. The SMILES string of the molecule is COc1cc(C=O)ccc1CCc1ccccc1. The van der Waals surface area contributed by atoms with Gasteiger partial charge in [0.2, 0.25) is 0 Å². The summed E-state index contributed by atoms with van der Waals surface area (Å²) < 4.78 is 5.32. The Labute approximate surface area is 107 Å². The van der Waals surface area contributed by atoms with Crippen LogP contribution in [0.4, 0.5) is 0 Å². The van der Waals surface area contributed by atoms with Gasteiger partial charge in [0.15, 0.2) is 0 Å². The van der Waals surface area contributed by atoms with Crippen molar-refractivity contribution >= 4 is 6.29 Å². The fraction of sp³-hybridized carbons (Fsp3) is 0.188. The highest BCUT2D eigenvalue weighted by Gasteiger charge is 2.04. The molecule has 2 rings (SSSR count). The predicted molar refractivity (Wildman–Crippen MR) is 72.2 cm³/mol. The maximum atomic E-state index is 10.7. The van der Waals surface area contributed by atoms with E-state index in [0.717, 1.165) is 30.4 Å². The van der Waals surface area contributed by atoms with Gasteiger partial charge in [0.25, 0.3) is 0 Å². The Balaban J connectivity index is 2.11. The highest BCUT2D eigenvalue weighted by molar-refractivity contribution is 5.75. The minimum absolute atomic E-state index is 0.648. The van der Waals surface area contributed by atoms with Gasteiger partial charge < -0.3 is 4.74 Å². The van der Waals surface area contributed by atoms with E-state index in [-0.39, 0.29) is 0 Å². The highest BCUT2D eigenvalue weighted by Crippen LogP contribution is 2.21. The highest BCUT2D eigenvalue weighted by atomic mass is 16.5. The van der Waals surface area contributed by atoms with Crippen molar-refractivity contribution in [3.63, 3.8) is 0 Å². The molecule has 92 valence electrons. The van der Waals surface area contributed by atoms with Gasteiger partial charge in [0, 0.05) is 5.56 Å². The predicted octanol–water partition coefficient (Wildman–Crippen LogP) is 3.29. The minimum atomic E-state index is 0.648. The standard InChI is InChI=1S/C16H16O2/c1-18-16-11-14(12-17)8-10-15(16)9-7-13-5-3-2-4-6-13/h2-6,8,10-12H,7,9H2,1H3. The second kappa shape index (κ2) is 6.01. The van der Waals surface area contributed by atoms with Gasteiger partial charge in [-0.25, -0.2) is 0 Å². The first kappa shape index (κ1) is 12.4. The number of hydrogen-bond donors (Lipinski definition) is 0. The molecule has 2 aromatic rings. The maximum Gasteiger partial charge on any atom is 0.150 e. The molecule has 0 N–H and O–H groups in total. The van der Waals surface area contributed by atoms with Crippen molar-refractivity contribution in [1.82, 2.24) is 0 Å². The average Bonchev–Trinajstić information content (AvgIpc) is 2.46. The Morgan fingerprint density at radius 3 is 2.50 bits per heavy atom. The topological polar surface area (TPSA) is 26.3 Å². The molecule has 0 heterocycles. The number of methoxy groups -OCH3 is 1. The van der Waals surface area contributed by atoms with Crippen molar-refractivity contribution in [1.29, 1.82) is 0 Å². The number of rotatable bonds is 5. The first-order valence-electron chi connectivity index (χ1n) is 5.99. The van der Waals surface area contributed by atoms with Crippen molar-refractivity contribution in [2.75, 3.05) is 7.11 Å². The third-order valence-corrected chi connectivity index (χ3v) is 2.97. The number of hydrogen-bond acceptors (Lipinski definition) is 2. The number of carbonyl (C=O) groups is 1. The van der Waals surface area contributed by atoms with Crippen molar-refractivity contribution in [2.24, 2.45) is 0 Å². The van der Waals surface area contributed by atoms with Crippen LogP contribution in [0.5, 0.6) is 5.75 Å². The van der Waals surface area contributed by atoms with E-state index in [1.165, 1.54) is 5.56 Å². The van der Waals surface area contributed by atoms with Crippen molar-refractivity contribution in [3.05, 3.63) is 65.2 Å². The van der Waals surface area contributed by atoms with E-state index in [4.69, 9.17) is 4.74 Å². The largest absolute Gasteiger partial charge is 0.496 e. The van der Waals surface area contributed by atoms with Gasteiger partial charge in [-0.1, -0.05) is 42.5 Å². The zero-order valence-corrected chi connectivity index (χ0v) is 10.4. The van der Waals surface area contributed by atoms with Crippen LogP contribution in [0.25, 0.3) is 0 Å². The lowest BCUT2D eigenvalue weighted by atomic mass is 10.0. The molecule has 0 fully saturated rings. The fourth-order valence-corrected chi connectivity index (χ4v) is 1.96. The van der Waals surface area contributed by atoms with Crippen LogP contribution in [-0.2, 0) is 12.8 Å². The lowest BCUT2D eigenvalue weighted by Gasteiger charge is -2.09. The van der Waals surface area contributed by atoms with Crippen molar-refractivity contribution < 1.29 is 9.53 Å². The van der Waals surface area contributed by atoms with Crippen molar-refractivity contribution in [2.45, 2.75) is 12.8 Å². The Kier molecular flexibility index (Phi) is 4.13. The first-order chi connectivity index (χ1) is 8.83. The Morgan fingerprint density at radius 1 is 1.06 bits per heavy atom. The molecule has 0 aliphatic heterocycles. The number of ether oxygens (including phenoxy) is 1. The first-order valence-corrected chi connectivity index (χ1v) is 5.99. The van der Waals surface area contributed by atoms with E-state index in [9.17, 15) is 4.79 Å². The molecule has 0 spiro atoms. The van der Waals surface area contributed by atoms with Gasteiger partial charge in [0.1, 0.15) is 12.0 Å². The molecular weight excluding hydrogens is 224 g/mol. The molecule has 2 nitrogen and oxygen atoms in total. The van der Waals surface area contributed by atoms with Crippen LogP contribution in [0.1, 0.15) is 21.5 Å².